The lowest BCUT2D eigenvalue weighted by Crippen LogP contribution is -2.42. The topological polar surface area (TPSA) is 101 Å². The van der Waals surface area contributed by atoms with E-state index in [4.69, 9.17) is 23.2 Å². The zero-order chi connectivity index (χ0) is 17.7. The lowest BCUT2D eigenvalue weighted by atomic mass is 10.1. The van der Waals surface area contributed by atoms with Crippen molar-refractivity contribution in [2.45, 2.75) is 6.42 Å². The summed E-state index contributed by atoms with van der Waals surface area (Å²) >= 11 is 11.9. The fourth-order valence-electron chi connectivity index (χ4n) is 1.87. The van der Waals surface area contributed by atoms with Gasteiger partial charge < -0.3 is 0 Å². The first-order valence-electron chi connectivity index (χ1n) is 6.65. The van der Waals surface area contributed by atoms with Gasteiger partial charge in [-0.1, -0.05) is 35.3 Å². The van der Waals surface area contributed by atoms with E-state index in [1.54, 1.807) is 18.2 Å². The summed E-state index contributed by atoms with van der Waals surface area (Å²) in [6, 6.07) is 9.96. The van der Waals surface area contributed by atoms with Crippen molar-refractivity contribution in [2.75, 3.05) is 0 Å². The van der Waals surface area contributed by atoms with Gasteiger partial charge in [0, 0.05) is 27.7 Å². The maximum absolute atomic E-state index is 11.9. The molecule has 0 saturated carbocycles. The van der Waals surface area contributed by atoms with Gasteiger partial charge in [-0.25, -0.2) is 0 Å². The summed E-state index contributed by atoms with van der Waals surface area (Å²) in [5, 5.41) is 11.4. The maximum atomic E-state index is 11.9. The Hall–Kier alpha value is -2.64. The molecular formula is C15H11Cl2N3O4. The van der Waals surface area contributed by atoms with Crippen LogP contribution >= 0.6 is 23.2 Å². The number of benzene rings is 2. The molecule has 2 aromatic rings. The summed E-state index contributed by atoms with van der Waals surface area (Å²) in [4.78, 5) is 33.9. The monoisotopic (exact) mass is 367 g/mol. The quantitative estimate of drug-likeness (QED) is 0.640. The lowest BCUT2D eigenvalue weighted by molar-refractivity contribution is -0.384. The number of halogens is 2. The molecule has 7 nitrogen and oxygen atoms in total. The Kier molecular flexibility index (Phi) is 5.73. The Labute approximate surface area is 146 Å². The number of amides is 2. The first-order chi connectivity index (χ1) is 11.4. The fraction of sp³-hybridized carbons (Fsp3) is 0.0667. The Bertz CT molecular complexity index is 791. The van der Waals surface area contributed by atoms with E-state index >= 15 is 0 Å². The standard InChI is InChI=1S/C15H11Cl2N3O4/c16-12-5-2-6-13(17)11(12)8-14(21)18-19-15(22)9-3-1-4-10(7-9)20(23)24/h1-7H,8H2,(H,18,21)(H,19,22). The van der Waals surface area contributed by atoms with E-state index in [-0.39, 0.29) is 17.7 Å². The highest BCUT2D eigenvalue weighted by Gasteiger charge is 2.14. The molecule has 0 aliphatic heterocycles. The summed E-state index contributed by atoms with van der Waals surface area (Å²) in [5.74, 6) is -1.22. The van der Waals surface area contributed by atoms with Gasteiger partial charge in [-0.2, -0.15) is 0 Å². The van der Waals surface area contributed by atoms with Gasteiger partial charge in [-0.15, -0.1) is 0 Å². The number of non-ortho nitro benzene ring substituents is 1. The Morgan fingerprint density at radius 3 is 2.29 bits per heavy atom. The highest BCUT2D eigenvalue weighted by Crippen LogP contribution is 2.24. The van der Waals surface area contributed by atoms with Gasteiger partial charge in [0.15, 0.2) is 0 Å². The molecule has 0 unspecified atom stereocenters. The average Bonchev–Trinajstić information content (AvgIpc) is 2.56. The van der Waals surface area contributed by atoms with E-state index in [2.05, 4.69) is 10.9 Å². The van der Waals surface area contributed by atoms with E-state index < -0.39 is 16.7 Å². The van der Waals surface area contributed by atoms with Gasteiger partial charge >= 0.3 is 0 Å². The van der Waals surface area contributed by atoms with Crippen LogP contribution in [0.1, 0.15) is 15.9 Å². The third-order valence-electron chi connectivity index (χ3n) is 3.03. The molecule has 2 aromatic carbocycles. The van der Waals surface area contributed by atoms with E-state index in [0.29, 0.717) is 15.6 Å². The maximum Gasteiger partial charge on any atom is 0.270 e. The summed E-state index contributed by atoms with van der Waals surface area (Å²) in [6.45, 7) is 0. The normalized spacial score (nSPS) is 10.1. The van der Waals surface area contributed by atoms with Crippen LogP contribution in [0.25, 0.3) is 0 Å². The van der Waals surface area contributed by atoms with Crippen LogP contribution in [0.3, 0.4) is 0 Å². The van der Waals surface area contributed by atoms with Gasteiger partial charge in [-0.3, -0.25) is 30.6 Å². The number of nitrogens with one attached hydrogen (secondary N) is 2. The molecule has 0 heterocycles. The number of hydrogen-bond donors (Lipinski definition) is 2. The van der Waals surface area contributed by atoms with Crippen molar-refractivity contribution in [1.82, 2.24) is 10.9 Å². The molecule has 0 aliphatic rings. The van der Waals surface area contributed by atoms with Crippen molar-refractivity contribution in [3.63, 3.8) is 0 Å². The van der Waals surface area contributed by atoms with Crippen molar-refractivity contribution < 1.29 is 14.5 Å². The number of rotatable bonds is 4. The molecule has 0 atom stereocenters. The van der Waals surface area contributed by atoms with Gasteiger partial charge in [0.2, 0.25) is 5.91 Å². The molecular weight excluding hydrogens is 357 g/mol. The Balaban J connectivity index is 1.98. The van der Waals surface area contributed by atoms with Gasteiger partial charge in [0.1, 0.15) is 0 Å². The Morgan fingerprint density at radius 1 is 1.04 bits per heavy atom. The molecule has 9 heteroatoms. The molecule has 2 rings (SSSR count). The third kappa shape index (κ3) is 4.43. The number of carbonyl (C=O) groups is 2. The molecule has 2 amide bonds. The van der Waals surface area contributed by atoms with Crippen molar-refractivity contribution in [3.8, 4) is 0 Å². The zero-order valence-electron chi connectivity index (χ0n) is 12.1. The van der Waals surface area contributed by atoms with Crippen LogP contribution in [-0.4, -0.2) is 16.7 Å². The van der Waals surface area contributed by atoms with E-state index in [1.807, 2.05) is 0 Å². The minimum atomic E-state index is -0.683. The molecule has 0 aliphatic carbocycles. The predicted molar refractivity (Wildman–Crippen MR) is 88.9 cm³/mol. The summed E-state index contributed by atoms with van der Waals surface area (Å²) in [7, 11) is 0. The number of nitrogens with zero attached hydrogens (tertiary/aromatic N) is 1. The van der Waals surface area contributed by atoms with Crippen molar-refractivity contribution >= 4 is 40.7 Å². The smallest absolute Gasteiger partial charge is 0.270 e. The van der Waals surface area contributed by atoms with Gasteiger partial charge in [0.05, 0.1) is 11.3 Å². The van der Waals surface area contributed by atoms with Crippen molar-refractivity contribution in [2.24, 2.45) is 0 Å². The van der Waals surface area contributed by atoms with E-state index in [0.717, 1.165) is 6.07 Å². The fourth-order valence-corrected chi connectivity index (χ4v) is 2.40. The highest BCUT2D eigenvalue weighted by molar-refractivity contribution is 6.36. The molecule has 0 saturated heterocycles. The first kappa shape index (κ1) is 17.7. The molecule has 0 aromatic heterocycles. The molecule has 0 bridgehead atoms. The SMILES string of the molecule is O=C(Cc1c(Cl)cccc1Cl)NNC(=O)c1cccc([N+](=O)[O-])c1. The highest BCUT2D eigenvalue weighted by atomic mass is 35.5. The van der Waals surface area contributed by atoms with Gasteiger partial charge in [-0.05, 0) is 23.8 Å². The third-order valence-corrected chi connectivity index (χ3v) is 3.74. The summed E-state index contributed by atoms with van der Waals surface area (Å²) < 4.78 is 0. The van der Waals surface area contributed by atoms with Crippen LogP contribution in [0.4, 0.5) is 5.69 Å². The van der Waals surface area contributed by atoms with Crippen LogP contribution in [0.2, 0.25) is 10.0 Å². The van der Waals surface area contributed by atoms with Crippen LogP contribution < -0.4 is 10.9 Å². The van der Waals surface area contributed by atoms with Crippen LogP contribution in [0, 0.1) is 10.1 Å². The lowest BCUT2D eigenvalue weighted by Gasteiger charge is -2.09. The molecule has 24 heavy (non-hydrogen) atoms. The zero-order valence-corrected chi connectivity index (χ0v) is 13.6. The molecule has 0 fully saturated rings. The van der Waals surface area contributed by atoms with Crippen molar-refractivity contribution in [3.05, 3.63) is 73.8 Å². The number of hydrazine groups is 1. The second-order valence-corrected chi connectivity index (χ2v) is 5.50. The molecule has 0 spiro atoms. The molecule has 0 radical (unpaired) electrons. The number of nitro benzene ring substituents is 1. The number of hydrogen-bond acceptors (Lipinski definition) is 4. The second-order valence-electron chi connectivity index (χ2n) is 4.69. The van der Waals surface area contributed by atoms with Crippen LogP contribution in [-0.2, 0) is 11.2 Å². The number of carbonyl (C=O) groups excluding carboxylic acids is 2. The summed E-state index contributed by atoms with van der Waals surface area (Å²) in [5.41, 5.74) is 4.63. The second kappa shape index (κ2) is 7.76. The minimum Gasteiger partial charge on any atom is -0.273 e. The van der Waals surface area contributed by atoms with E-state index in [9.17, 15) is 19.7 Å². The molecule has 2 N–H and O–H groups in total. The predicted octanol–water partition coefficient (Wildman–Crippen LogP) is 2.91. The summed E-state index contributed by atoms with van der Waals surface area (Å²) in [6.07, 6.45) is -0.131. The van der Waals surface area contributed by atoms with Crippen LogP contribution in [0.5, 0.6) is 0 Å². The minimum absolute atomic E-state index is 0.0419. The van der Waals surface area contributed by atoms with Gasteiger partial charge in [0.25, 0.3) is 11.6 Å². The van der Waals surface area contributed by atoms with Crippen molar-refractivity contribution in [1.29, 1.82) is 0 Å². The number of nitro groups is 1. The average molecular weight is 368 g/mol. The van der Waals surface area contributed by atoms with E-state index in [1.165, 1.54) is 18.2 Å². The van der Waals surface area contributed by atoms with Crippen LogP contribution in [0.15, 0.2) is 42.5 Å². The Morgan fingerprint density at radius 2 is 1.67 bits per heavy atom. The first-order valence-corrected chi connectivity index (χ1v) is 7.40. The largest absolute Gasteiger partial charge is 0.273 e. The molecule has 124 valence electrons.